The van der Waals surface area contributed by atoms with Gasteiger partial charge in [0, 0.05) is 31.2 Å². The molecule has 4 rings (SSSR count). The lowest BCUT2D eigenvalue weighted by Crippen LogP contribution is -2.19. The van der Waals surface area contributed by atoms with E-state index in [1.807, 2.05) is 6.08 Å². The van der Waals surface area contributed by atoms with E-state index in [4.69, 9.17) is 23.4 Å². The molecule has 0 saturated heterocycles. The van der Waals surface area contributed by atoms with E-state index in [1.165, 1.54) is 0 Å². The van der Waals surface area contributed by atoms with Crippen LogP contribution in [0.15, 0.2) is 39.3 Å². The molecule has 25 heavy (non-hydrogen) atoms. The van der Waals surface area contributed by atoms with Crippen molar-refractivity contribution in [2.45, 2.75) is 12.5 Å². The minimum atomic E-state index is -0.478. The zero-order valence-electron chi connectivity index (χ0n) is 13.9. The Bertz CT molecular complexity index is 942. The van der Waals surface area contributed by atoms with Gasteiger partial charge in [0.25, 0.3) is 0 Å². The number of allylic oxidation sites excluding steroid dienone is 2. The van der Waals surface area contributed by atoms with Crippen molar-refractivity contribution in [3.8, 4) is 11.5 Å². The Hall–Kier alpha value is -2.80. The first-order valence-corrected chi connectivity index (χ1v) is 7.92. The van der Waals surface area contributed by atoms with Crippen molar-refractivity contribution < 1.29 is 23.4 Å². The smallest absolute Gasteiger partial charge is 0.347 e. The van der Waals surface area contributed by atoms with Crippen LogP contribution in [0.25, 0.3) is 16.5 Å². The van der Waals surface area contributed by atoms with Crippen LogP contribution in [0.2, 0.25) is 0 Å². The van der Waals surface area contributed by atoms with E-state index < -0.39 is 5.63 Å². The molecule has 0 spiro atoms. The Morgan fingerprint density at radius 3 is 2.60 bits per heavy atom. The maximum atomic E-state index is 12.4. The second-order valence-corrected chi connectivity index (χ2v) is 5.71. The third-order valence-corrected chi connectivity index (χ3v) is 4.27. The number of ether oxygens (including phenoxy) is 4. The number of methoxy groups -OCH3 is 2. The molecule has 1 aromatic carbocycles. The molecule has 1 aliphatic carbocycles. The fourth-order valence-corrected chi connectivity index (χ4v) is 2.95. The highest BCUT2D eigenvalue weighted by Gasteiger charge is 2.25. The van der Waals surface area contributed by atoms with Crippen molar-refractivity contribution in [1.29, 1.82) is 0 Å². The minimum Gasteiger partial charge on any atom is -0.501 e. The normalized spacial score (nSPS) is 19.4. The van der Waals surface area contributed by atoms with Gasteiger partial charge in [-0.2, -0.15) is 0 Å². The molecular weight excluding hydrogens is 326 g/mol. The summed E-state index contributed by atoms with van der Waals surface area (Å²) in [5.41, 5.74) is 0.708. The molecule has 7 nitrogen and oxygen atoms in total. The lowest BCUT2D eigenvalue weighted by atomic mass is 10.00. The van der Waals surface area contributed by atoms with Gasteiger partial charge >= 0.3 is 5.63 Å². The van der Waals surface area contributed by atoms with Gasteiger partial charge in [0.2, 0.25) is 5.89 Å². The van der Waals surface area contributed by atoms with Gasteiger partial charge in [-0.15, -0.1) is 0 Å². The number of hydrogen-bond donors (Lipinski definition) is 0. The summed E-state index contributed by atoms with van der Waals surface area (Å²) in [4.78, 5) is 16.9. The van der Waals surface area contributed by atoms with E-state index in [9.17, 15) is 4.79 Å². The van der Waals surface area contributed by atoms with Crippen molar-refractivity contribution in [3.63, 3.8) is 0 Å². The van der Waals surface area contributed by atoms with E-state index in [0.717, 1.165) is 5.76 Å². The fraction of sp³-hybridized carbons (Fsp3) is 0.333. The molecular formula is C18H17NO6. The third-order valence-electron chi connectivity index (χ3n) is 4.27. The van der Waals surface area contributed by atoms with Gasteiger partial charge in [0.1, 0.15) is 13.2 Å². The molecule has 1 aliphatic heterocycles. The van der Waals surface area contributed by atoms with Crippen LogP contribution in [0.4, 0.5) is 0 Å². The Morgan fingerprint density at radius 1 is 1.12 bits per heavy atom. The van der Waals surface area contributed by atoms with Crippen LogP contribution in [-0.2, 0) is 9.47 Å². The summed E-state index contributed by atoms with van der Waals surface area (Å²) >= 11 is 0. The first-order valence-electron chi connectivity index (χ1n) is 7.92. The SMILES string of the molecule is COC1=CC=C(c2nc3cc4c(cc3c(=O)o2)OCCO4)C(OC)C1. The standard InChI is InChI=1S/C18H17NO6/c1-21-10-3-4-11(14(7-10)22-2)17-19-13-9-16-15(23-5-6-24-16)8-12(13)18(20)25-17/h3-4,8-9,14H,5-7H2,1-2H3. The van der Waals surface area contributed by atoms with Crippen LogP contribution < -0.4 is 15.1 Å². The topological polar surface area (TPSA) is 80.0 Å². The molecule has 1 aromatic heterocycles. The summed E-state index contributed by atoms with van der Waals surface area (Å²) in [6.07, 6.45) is 3.86. The summed E-state index contributed by atoms with van der Waals surface area (Å²) in [5.74, 6) is 2.12. The van der Waals surface area contributed by atoms with Crippen LogP contribution in [0, 0.1) is 0 Å². The van der Waals surface area contributed by atoms with Crippen molar-refractivity contribution in [2.75, 3.05) is 27.4 Å². The molecule has 2 heterocycles. The Morgan fingerprint density at radius 2 is 1.88 bits per heavy atom. The number of aromatic nitrogens is 1. The molecule has 2 aromatic rings. The lowest BCUT2D eigenvalue weighted by Gasteiger charge is -2.22. The lowest BCUT2D eigenvalue weighted by molar-refractivity contribution is 0.126. The molecule has 0 amide bonds. The highest BCUT2D eigenvalue weighted by Crippen LogP contribution is 2.34. The van der Waals surface area contributed by atoms with Crippen molar-refractivity contribution in [1.82, 2.24) is 4.98 Å². The van der Waals surface area contributed by atoms with E-state index in [1.54, 1.807) is 32.4 Å². The zero-order chi connectivity index (χ0) is 17.4. The van der Waals surface area contributed by atoms with Crippen molar-refractivity contribution in [3.05, 3.63) is 46.4 Å². The van der Waals surface area contributed by atoms with Gasteiger partial charge in [-0.1, -0.05) is 0 Å². The molecule has 2 aliphatic rings. The second-order valence-electron chi connectivity index (χ2n) is 5.71. The van der Waals surface area contributed by atoms with Gasteiger partial charge < -0.3 is 23.4 Å². The van der Waals surface area contributed by atoms with E-state index >= 15 is 0 Å². The number of fused-ring (bicyclic) bond motifs is 2. The van der Waals surface area contributed by atoms with Crippen LogP contribution in [0.3, 0.4) is 0 Å². The van der Waals surface area contributed by atoms with Gasteiger partial charge in [0.15, 0.2) is 11.5 Å². The van der Waals surface area contributed by atoms with Crippen LogP contribution in [-0.4, -0.2) is 38.5 Å². The molecule has 1 unspecified atom stereocenters. The summed E-state index contributed by atoms with van der Waals surface area (Å²) < 4.78 is 27.3. The first-order chi connectivity index (χ1) is 12.2. The average Bonchev–Trinajstić information content (AvgIpc) is 2.66. The average molecular weight is 343 g/mol. The predicted molar refractivity (Wildman–Crippen MR) is 89.8 cm³/mol. The zero-order valence-corrected chi connectivity index (χ0v) is 13.9. The summed E-state index contributed by atoms with van der Waals surface area (Å²) in [5, 5.41) is 0.353. The minimum absolute atomic E-state index is 0.229. The maximum absolute atomic E-state index is 12.4. The van der Waals surface area contributed by atoms with E-state index in [-0.39, 0.29) is 12.0 Å². The maximum Gasteiger partial charge on any atom is 0.347 e. The number of hydrogen-bond acceptors (Lipinski definition) is 7. The fourth-order valence-electron chi connectivity index (χ4n) is 2.95. The van der Waals surface area contributed by atoms with Gasteiger partial charge in [-0.3, -0.25) is 0 Å². The molecule has 0 N–H and O–H groups in total. The molecule has 0 radical (unpaired) electrons. The number of nitrogens with zero attached hydrogens (tertiary/aromatic N) is 1. The molecule has 1 atom stereocenters. The monoisotopic (exact) mass is 343 g/mol. The predicted octanol–water partition coefficient (Wildman–Crippen LogP) is 2.29. The third kappa shape index (κ3) is 2.76. The highest BCUT2D eigenvalue weighted by atomic mass is 16.6. The van der Waals surface area contributed by atoms with Crippen LogP contribution >= 0.6 is 0 Å². The second kappa shape index (κ2) is 6.25. The van der Waals surface area contributed by atoms with Crippen molar-refractivity contribution >= 4 is 16.5 Å². The Kier molecular flexibility index (Phi) is 3.93. The molecule has 7 heteroatoms. The van der Waals surface area contributed by atoms with Crippen molar-refractivity contribution in [2.24, 2.45) is 0 Å². The van der Waals surface area contributed by atoms with E-state index in [0.29, 0.717) is 47.6 Å². The van der Waals surface area contributed by atoms with Gasteiger partial charge in [-0.25, -0.2) is 9.78 Å². The van der Waals surface area contributed by atoms with Crippen LogP contribution in [0.1, 0.15) is 12.3 Å². The van der Waals surface area contributed by atoms with Gasteiger partial charge in [-0.05, 0) is 12.2 Å². The highest BCUT2D eigenvalue weighted by molar-refractivity contribution is 5.83. The van der Waals surface area contributed by atoms with Gasteiger partial charge in [0.05, 0.1) is 29.9 Å². The molecule has 0 bridgehead atoms. The molecule has 130 valence electrons. The summed E-state index contributed by atoms with van der Waals surface area (Å²) in [7, 11) is 3.20. The Labute approximate surface area is 143 Å². The van der Waals surface area contributed by atoms with Crippen LogP contribution in [0.5, 0.6) is 11.5 Å². The first kappa shape index (κ1) is 15.7. The largest absolute Gasteiger partial charge is 0.501 e. The number of rotatable bonds is 3. The Balaban J connectivity index is 1.84. The summed E-state index contributed by atoms with van der Waals surface area (Å²) in [6.45, 7) is 0.917. The summed E-state index contributed by atoms with van der Waals surface area (Å²) in [6, 6.07) is 3.31. The number of benzene rings is 1. The molecule has 0 fully saturated rings. The quantitative estimate of drug-likeness (QED) is 0.846. The molecule has 0 saturated carbocycles. The van der Waals surface area contributed by atoms with E-state index in [2.05, 4.69) is 4.98 Å².